The van der Waals surface area contributed by atoms with Gasteiger partial charge in [-0.05, 0) is 12.8 Å². The van der Waals surface area contributed by atoms with Crippen LogP contribution in [-0.4, -0.2) is 28.4 Å². The molecule has 42 valence electrons. The van der Waals surface area contributed by atoms with Gasteiger partial charge in [0.2, 0.25) is 0 Å². The molecule has 0 aliphatic rings. The van der Waals surface area contributed by atoms with Crippen LogP contribution in [0.2, 0.25) is 0 Å². The maximum atomic E-state index is 6.44. The Morgan fingerprint density at radius 3 is 2.12 bits per heavy atom. The fourth-order valence-corrected chi connectivity index (χ4v) is 0.436. The number of unbranched alkanes of at least 4 members (excludes halogenated alkanes) is 1. The third-order valence-corrected chi connectivity index (χ3v) is 0.996. The number of alkyl halides is 1. The normalized spacial score (nSPS) is 5.50. The summed E-state index contributed by atoms with van der Waals surface area (Å²) in [6.45, 7) is 0. The largest absolute Gasteiger partial charge is 2.00 e. The summed E-state index contributed by atoms with van der Waals surface area (Å²) in [5.41, 5.74) is 0. The first kappa shape index (κ1) is 16.3. The van der Waals surface area contributed by atoms with E-state index in [1.807, 2.05) is 0 Å². The van der Waals surface area contributed by atoms with E-state index in [0.29, 0.717) is 0 Å². The standard InChI is InChI=1S/C5H6Br.HI.Mg/c1-2-3-4-5-6;;/h3-5H2;1H;/q-1;;+2/p-1. The molecule has 0 heterocycles. The van der Waals surface area contributed by atoms with Gasteiger partial charge in [0.15, 0.2) is 0 Å². The number of halogens is 2. The van der Waals surface area contributed by atoms with E-state index < -0.39 is 0 Å². The zero-order chi connectivity index (χ0) is 4.83. The van der Waals surface area contributed by atoms with Gasteiger partial charge in [-0.25, -0.2) is 0 Å². The molecule has 0 aromatic carbocycles. The summed E-state index contributed by atoms with van der Waals surface area (Å²) in [4.78, 5) is 0. The van der Waals surface area contributed by atoms with E-state index in [1.165, 1.54) is 0 Å². The van der Waals surface area contributed by atoms with Crippen LogP contribution in [0.4, 0.5) is 0 Å². The van der Waals surface area contributed by atoms with Gasteiger partial charge in [-0.3, -0.25) is 0 Å². The fourth-order valence-electron chi connectivity index (χ4n) is 0.155. The molecule has 0 aromatic heterocycles. The summed E-state index contributed by atoms with van der Waals surface area (Å²) in [6.07, 6.45) is 8.25. The van der Waals surface area contributed by atoms with Crippen molar-refractivity contribution < 1.29 is 24.0 Å². The summed E-state index contributed by atoms with van der Waals surface area (Å²) in [7, 11) is 0. The minimum atomic E-state index is 0. The smallest absolute Gasteiger partial charge is 1.00 e. The van der Waals surface area contributed by atoms with Crippen LogP contribution in [-0.2, 0) is 0 Å². The van der Waals surface area contributed by atoms with Gasteiger partial charge in [-0.2, -0.15) is 0 Å². The van der Waals surface area contributed by atoms with Gasteiger partial charge in [0.1, 0.15) is 0 Å². The Hall–Kier alpha value is 1.54. The van der Waals surface area contributed by atoms with E-state index >= 15 is 0 Å². The average molecular weight is 297 g/mol. The molecule has 0 bridgehead atoms. The van der Waals surface area contributed by atoms with E-state index in [4.69, 9.17) is 6.42 Å². The Labute approximate surface area is 92.5 Å². The Balaban J connectivity index is -0.000000125. The second kappa shape index (κ2) is 15.8. The first-order valence-electron chi connectivity index (χ1n) is 1.87. The van der Waals surface area contributed by atoms with E-state index in [0.717, 1.165) is 18.2 Å². The van der Waals surface area contributed by atoms with Crippen LogP contribution in [0.25, 0.3) is 0 Å². The topological polar surface area (TPSA) is 0 Å². The van der Waals surface area contributed by atoms with Crippen molar-refractivity contribution in [3.05, 3.63) is 6.42 Å². The van der Waals surface area contributed by atoms with E-state index in [9.17, 15) is 0 Å². The Bertz CT molecular complexity index is 59.9. The van der Waals surface area contributed by atoms with Crippen molar-refractivity contribution in [2.24, 2.45) is 0 Å². The molecule has 0 N–H and O–H groups in total. The van der Waals surface area contributed by atoms with E-state index in [1.54, 1.807) is 0 Å². The number of rotatable bonds is 2. The van der Waals surface area contributed by atoms with Crippen LogP contribution < -0.4 is 24.0 Å². The molecule has 3 heteroatoms. The third-order valence-electron chi connectivity index (χ3n) is 0.435. The molecule has 0 aromatic rings. The summed E-state index contributed by atoms with van der Waals surface area (Å²) in [5, 5.41) is 0.985. The van der Waals surface area contributed by atoms with Gasteiger partial charge in [0.05, 0.1) is 0 Å². The van der Waals surface area contributed by atoms with Crippen molar-refractivity contribution >= 4 is 39.0 Å². The third kappa shape index (κ3) is 15.6. The molecule has 0 nitrogen and oxygen atoms in total. The Morgan fingerprint density at radius 1 is 1.50 bits per heavy atom. The monoisotopic (exact) mass is 296 g/mol. The van der Waals surface area contributed by atoms with Gasteiger partial charge in [0, 0.05) is 5.33 Å². The first-order valence-corrected chi connectivity index (χ1v) is 2.99. The Kier molecular flexibility index (Phi) is 32.2. The molecule has 0 radical (unpaired) electrons. The second-order valence-electron chi connectivity index (χ2n) is 0.969. The van der Waals surface area contributed by atoms with Gasteiger partial charge in [0.25, 0.3) is 0 Å². The van der Waals surface area contributed by atoms with Gasteiger partial charge in [-0.1, -0.05) is 15.9 Å². The molecule has 0 rings (SSSR count). The van der Waals surface area contributed by atoms with Crippen LogP contribution in [0.5, 0.6) is 0 Å². The molecule has 0 fully saturated rings. The molecule has 0 amide bonds. The molecular weight excluding hydrogens is 291 g/mol. The van der Waals surface area contributed by atoms with Crippen LogP contribution >= 0.6 is 15.9 Å². The van der Waals surface area contributed by atoms with Crippen LogP contribution in [0.15, 0.2) is 0 Å². The maximum Gasteiger partial charge on any atom is 2.00 e. The van der Waals surface area contributed by atoms with Crippen LogP contribution in [0.3, 0.4) is 0 Å². The SMILES string of the molecule is [C-]#CCCCBr.[I-].[Mg+2]. The second-order valence-corrected chi connectivity index (χ2v) is 1.76. The molecular formula is C5H6BrIMg. The predicted molar refractivity (Wildman–Crippen MR) is 35.9 cm³/mol. The van der Waals surface area contributed by atoms with E-state index in [2.05, 4.69) is 21.9 Å². The Morgan fingerprint density at radius 2 is 2.00 bits per heavy atom. The summed E-state index contributed by atoms with van der Waals surface area (Å²) >= 11 is 3.23. The number of hydrogen-bond acceptors (Lipinski definition) is 0. The molecule has 0 saturated heterocycles. The average Bonchev–Trinajstić information content (AvgIpc) is 1.61. The van der Waals surface area contributed by atoms with Crippen molar-refractivity contribution in [1.82, 2.24) is 0 Å². The van der Waals surface area contributed by atoms with Crippen molar-refractivity contribution in [3.8, 4) is 5.92 Å². The minimum absolute atomic E-state index is 0. The fraction of sp³-hybridized carbons (Fsp3) is 0.600. The van der Waals surface area contributed by atoms with Crippen molar-refractivity contribution in [3.63, 3.8) is 0 Å². The summed E-state index contributed by atoms with van der Waals surface area (Å²) in [5.74, 6) is 2.29. The van der Waals surface area contributed by atoms with Gasteiger partial charge in [-0.15, -0.1) is 0 Å². The quantitative estimate of drug-likeness (QED) is 0.143. The predicted octanol–water partition coefficient (Wildman–Crippen LogP) is -1.63. The molecule has 8 heavy (non-hydrogen) atoms. The first-order chi connectivity index (χ1) is 2.91. The molecule has 0 aliphatic heterocycles. The van der Waals surface area contributed by atoms with Crippen molar-refractivity contribution in [2.45, 2.75) is 12.8 Å². The molecule has 0 saturated carbocycles. The van der Waals surface area contributed by atoms with Crippen LogP contribution in [0, 0.1) is 12.3 Å². The molecule has 0 spiro atoms. The molecule has 0 atom stereocenters. The van der Waals surface area contributed by atoms with Gasteiger partial charge < -0.3 is 36.3 Å². The van der Waals surface area contributed by atoms with Gasteiger partial charge >= 0.3 is 23.1 Å². The van der Waals surface area contributed by atoms with E-state index in [-0.39, 0.29) is 47.0 Å². The number of hydrogen-bond donors (Lipinski definition) is 0. The van der Waals surface area contributed by atoms with Crippen LogP contribution in [0.1, 0.15) is 12.8 Å². The summed E-state index contributed by atoms with van der Waals surface area (Å²) < 4.78 is 0. The zero-order valence-corrected chi connectivity index (χ0v) is 9.74. The minimum Gasteiger partial charge on any atom is -1.00 e. The molecule has 0 aliphatic carbocycles. The van der Waals surface area contributed by atoms with Crippen molar-refractivity contribution in [1.29, 1.82) is 0 Å². The van der Waals surface area contributed by atoms with Crippen molar-refractivity contribution in [2.75, 3.05) is 5.33 Å². The maximum absolute atomic E-state index is 6.44. The molecule has 0 unspecified atom stereocenters. The zero-order valence-electron chi connectivity index (χ0n) is 4.58. The summed E-state index contributed by atoms with van der Waals surface area (Å²) in [6, 6.07) is 0.